The largest absolute Gasteiger partial charge is 0.446 e. The fraction of sp³-hybridized carbons (Fsp3) is 0.389. The highest BCUT2D eigenvalue weighted by Crippen LogP contribution is 2.36. The van der Waals surface area contributed by atoms with Gasteiger partial charge in [-0.15, -0.1) is 0 Å². The Morgan fingerprint density at radius 2 is 2.00 bits per heavy atom. The molecular weight excluding hydrogens is 391 g/mol. The topological polar surface area (TPSA) is 96.4 Å². The molecule has 0 saturated heterocycles. The zero-order valence-corrected chi connectivity index (χ0v) is 15.7. The van der Waals surface area contributed by atoms with Crippen LogP contribution in [0, 0.1) is 5.92 Å². The lowest BCUT2D eigenvalue weighted by Crippen LogP contribution is -2.18. The fourth-order valence-corrected chi connectivity index (χ4v) is 3.59. The molecule has 6 nitrogen and oxygen atoms in total. The maximum atomic E-state index is 12.4. The maximum Gasteiger partial charge on any atom is 0.446 e. The second-order valence-electron chi connectivity index (χ2n) is 6.51. The van der Waals surface area contributed by atoms with E-state index in [1.54, 1.807) is 12.3 Å². The summed E-state index contributed by atoms with van der Waals surface area (Å²) in [4.78, 5) is 12.8. The van der Waals surface area contributed by atoms with Crippen LogP contribution in [0.1, 0.15) is 24.8 Å². The van der Waals surface area contributed by atoms with Gasteiger partial charge in [-0.05, 0) is 49.1 Å². The number of aliphatic hydroxyl groups excluding tert-OH is 1. The Morgan fingerprint density at radius 3 is 2.64 bits per heavy atom. The number of halogens is 3. The number of aliphatic imine (C=N–C) groups is 1. The SMILES string of the molecule is NC(=Nc1ccnc(NC2CCC(CO)C2)n1)c1ccc(SC(F)(F)F)cc1. The molecule has 10 heteroatoms. The molecule has 2 unspecified atom stereocenters. The van der Waals surface area contributed by atoms with E-state index in [-0.39, 0.29) is 35.1 Å². The van der Waals surface area contributed by atoms with Gasteiger partial charge in [0.2, 0.25) is 5.95 Å². The van der Waals surface area contributed by atoms with E-state index in [0.717, 1.165) is 19.3 Å². The minimum Gasteiger partial charge on any atom is -0.396 e. The van der Waals surface area contributed by atoms with Crippen LogP contribution in [0.25, 0.3) is 0 Å². The van der Waals surface area contributed by atoms with Crippen molar-refractivity contribution < 1.29 is 18.3 Å². The number of nitrogens with zero attached hydrogens (tertiary/aromatic N) is 3. The first-order valence-electron chi connectivity index (χ1n) is 8.73. The number of hydrogen-bond acceptors (Lipinski definition) is 6. The maximum absolute atomic E-state index is 12.4. The number of alkyl halides is 3. The number of benzene rings is 1. The van der Waals surface area contributed by atoms with Crippen LogP contribution in [-0.4, -0.2) is 39.1 Å². The molecule has 3 rings (SSSR count). The molecule has 150 valence electrons. The van der Waals surface area contributed by atoms with Crippen molar-refractivity contribution in [1.29, 1.82) is 0 Å². The molecule has 1 heterocycles. The van der Waals surface area contributed by atoms with Crippen molar-refractivity contribution in [1.82, 2.24) is 9.97 Å². The standard InChI is InChI=1S/C18H20F3N5OS/c19-18(20,21)28-14-5-2-12(3-6-14)16(22)25-15-7-8-23-17(26-15)24-13-4-1-11(9-13)10-27/h2-3,5-8,11,13,27H,1,4,9-10H2,(H3,22,23,24,25,26). The van der Waals surface area contributed by atoms with E-state index in [1.165, 1.54) is 24.3 Å². The molecule has 2 atom stereocenters. The molecule has 4 N–H and O–H groups in total. The molecule has 1 fully saturated rings. The summed E-state index contributed by atoms with van der Waals surface area (Å²) in [5, 5.41) is 12.5. The fourth-order valence-electron chi connectivity index (χ4n) is 3.05. The second kappa shape index (κ2) is 8.78. The molecule has 0 bridgehead atoms. The Kier molecular flexibility index (Phi) is 6.40. The van der Waals surface area contributed by atoms with Gasteiger partial charge in [0.05, 0.1) is 0 Å². The van der Waals surface area contributed by atoms with Gasteiger partial charge in [0.15, 0.2) is 5.82 Å². The van der Waals surface area contributed by atoms with Crippen LogP contribution in [0.5, 0.6) is 0 Å². The van der Waals surface area contributed by atoms with E-state index < -0.39 is 5.51 Å². The van der Waals surface area contributed by atoms with Crippen LogP contribution >= 0.6 is 11.8 Å². The number of anilines is 1. The van der Waals surface area contributed by atoms with Gasteiger partial charge in [-0.1, -0.05) is 12.1 Å². The molecule has 1 aromatic heterocycles. The Hall–Kier alpha value is -2.33. The summed E-state index contributed by atoms with van der Waals surface area (Å²) in [6.45, 7) is 0.181. The third-order valence-electron chi connectivity index (χ3n) is 4.39. The number of nitrogens with one attached hydrogen (secondary N) is 1. The van der Waals surface area contributed by atoms with Crippen molar-refractivity contribution in [3.63, 3.8) is 0 Å². The molecule has 1 saturated carbocycles. The molecule has 0 radical (unpaired) electrons. The summed E-state index contributed by atoms with van der Waals surface area (Å²) in [7, 11) is 0. The highest BCUT2D eigenvalue weighted by atomic mass is 32.2. The van der Waals surface area contributed by atoms with Gasteiger partial charge in [-0.25, -0.2) is 9.98 Å². The van der Waals surface area contributed by atoms with E-state index in [2.05, 4.69) is 20.3 Å². The van der Waals surface area contributed by atoms with Crippen LogP contribution in [0.4, 0.5) is 24.9 Å². The van der Waals surface area contributed by atoms with Crippen LogP contribution in [0.3, 0.4) is 0 Å². The first kappa shape index (κ1) is 20.4. The molecule has 1 aliphatic carbocycles. The van der Waals surface area contributed by atoms with Crippen molar-refractivity contribution in [2.45, 2.75) is 35.7 Å². The lowest BCUT2D eigenvalue weighted by atomic mass is 10.1. The molecule has 1 aliphatic rings. The van der Waals surface area contributed by atoms with Crippen LogP contribution in [-0.2, 0) is 0 Å². The van der Waals surface area contributed by atoms with Gasteiger partial charge in [0, 0.05) is 35.4 Å². The summed E-state index contributed by atoms with van der Waals surface area (Å²) in [6, 6.07) is 7.46. The van der Waals surface area contributed by atoms with Gasteiger partial charge in [-0.3, -0.25) is 0 Å². The third kappa shape index (κ3) is 5.83. The van der Waals surface area contributed by atoms with E-state index in [1.807, 2.05) is 0 Å². The van der Waals surface area contributed by atoms with Gasteiger partial charge in [0.25, 0.3) is 0 Å². The normalized spacial score (nSPS) is 20.4. The van der Waals surface area contributed by atoms with Crippen LogP contribution in [0.15, 0.2) is 46.4 Å². The van der Waals surface area contributed by atoms with Crippen molar-refractivity contribution in [3.8, 4) is 0 Å². The number of aliphatic hydroxyl groups is 1. The average Bonchev–Trinajstić information content (AvgIpc) is 3.09. The molecule has 1 aromatic carbocycles. The van der Waals surface area contributed by atoms with E-state index in [0.29, 0.717) is 23.2 Å². The zero-order valence-electron chi connectivity index (χ0n) is 14.9. The minimum absolute atomic E-state index is 0.0790. The summed E-state index contributed by atoms with van der Waals surface area (Å²) in [5.41, 5.74) is 2.14. The molecule has 0 aliphatic heterocycles. The quantitative estimate of drug-likeness (QED) is 0.381. The highest BCUT2D eigenvalue weighted by Gasteiger charge is 2.29. The molecular formula is C18H20F3N5OS. The van der Waals surface area contributed by atoms with Gasteiger partial charge in [0.1, 0.15) is 5.84 Å². The van der Waals surface area contributed by atoms with Gasteiger partial charge in [-0.2, -0.15) is 18.2 Å². The summed E-state index contributed by atoms with van der Waals surface area (Å²) in [5.74, 6) is 1.22. The monoisotopic (exact) mass is 411 g/mol. The van der Waals surface area contributed by atoms with Crippen molar-refractivity contribution in [2.24, 2.45) is 16.6 Å². The number of hydrogen-bond donors (Lipinski definition) is 3. The number of thioether (sulfide) groups is 1. The second-order valence-corrected chi connectivity index (χ2v) is 7.65. The highest BCUT2D eigenvalue weighted by molar-refractivity contribution is 8.00. The number of amidine groups is 1. The zero-order chi connectivity index (χ0) is 20.1. The molecule has 0 amide bonds. The van der Waals surface area contributed by atoms with Crippen molar-refractivity contribution in [2.75, 3.05) is 11.9 Å². The first-order valence-corrected chi connectivity index (χ1v) is 9.55. The average molecular weight is 411 g/mol. The Morgan fingerprint density at radius 1 is 1.25 bits per heavy atom. The lowest BCUT2D eigenvalue weighted by Gasteiger charge is -2.12. The lowest BCUT2D eigenvalue weighted by molar-refractivity contribution is -0.0328. The Labute approximate surface area is 164 Å². The minimum atomic E-state index is -4.33. The van der Waals surface area contributed by atoms with E-state index in [4.69, 9.17) is 5.73 Å². The summed E-state index contributed by atoms with van der Waals surface area (Å²) < 4.78 is 37.2. The van der Waals surface area contributed by atoms with E-state index >= 15 is 0 Å². The Balaban J connectivity index is 1.67. The van der Waals surface area contributed by atoms with E-state index in [9.17, 15) is 18.3 Å². The van der Waals surface area contributed by atoms with Crippen LogP contribution < -0.4 is 11.1 Å². The van der Waals surface area contributed by atoms with Gasteiger partial charge >= 0.3 is 5.51 Å². The van der Waals surface area contributed by atoms with Crippen LogP contribution in [0.2, 0.25) is 0 Å². The molecule has 28 heavy (non-hydrogen) atoms. The molecule has 0 spiro atoms. The smallest absolute Gasteiger partial charge is 0.396 e. The van der Waals surface area contributed by atoms with Crippen molar-refractivity contribution in [3.05, 3.63) is 42.1 Å². The molecule has 2 aromatic rings. The number of rotatable bonds is 6. The first-order chi connectivity index (χ1) is 13.3. The number of aromatic nitrogens is 2. The summed E-state index contributed by atoms with van der Waals surface area (Å²) >= 11 is -0.181. The Bertz CT molecular complexity index is 829. The number of nitrogens with two attached hydrogens (primary N) is 1. The third-order valence-corrected chi connectivity index (χ3v) is 5.13. The summed E-state index contributed by atoms with van der Waals surface area (Å²) in [6.07, 6.45) is 4.31. The van der Waals surface area contributed by atoms with Gasteiger partial charge < -0.3 is 16.2 Å². The predicted octanol–water partition coefficient (Wildman–Crippen LogP) is 3.70. The van der Waals surface area contributed by atoms with Crippen molar-refractivity contribution >= 4 is 29.4 Å². The predicted molar refractivity (Wildman–Crippen MR) is 103 cm³/mol.